The maximum atomic E-state index is 5.33. The Morgan fingerprint density at radius 3 is 2.88 bits per heavy atom. The molecule has 17 heavy (non-hydrogen) atoms. The molecule has 2 N–H and O–H groups in total. The number of nitrogens with zero attached hydrogens (tertiary/aromatic N) is 1. The molecule has 90 valence electrons. The molecule has 4 nitrogen and oxygen atoms in total. The van der Waals surface area contributed by atoms with Crippen LogP contribution in [0.5, 0.6) is 5.75 Å². The number of H-pyrrole nitrogens is 1. The van der Waals surface area contributed by atoms with E-state index in [1.54, 1.807) is 7.11 Å². The monoisotopic (exact) mass is 231 g/mol. The molecule has 1 fully saturated rings. The Hall–Kier alpha value is -1.55. The van der Waals surface area contributed by atoms with Crippen molar-refractivity contribution in [3.05, 3.63) is 24.0 Å². The van der Waals surface area contributed by atoms with E-state index in [-0.39, 0.29) is 0 Å². The molecule has 0 spiro atoms. The van der Waals surface area contributed by atoms with E-state index in [9.17, 15) is 0 Å². The molecule has 0 aliphatic carbocycles. The summed E-state index contributed by atoms with van der Waals surface area (Å²) < 4.78 is 5.33. The highest BCUT2D eigenvalue weighted by molar-refractivity contribution is 5.81. The first-order valence-corrected chi connectivity index (χ1v) is 6.12. The highest BCUT2D eigenvalue weighted by Gasteiger charge is 2.19. The van der Waals surface area contributed by atoms with Gasteiger partial charge in [0.2, 0.25) is 0 Å². The number of ether oxygens (including phenoxy) is 1. The van der Waals surface area contributed by atoms with Gasteiger partial charge < -0.3 is 15.0 Å². The minimum absolute atomic E-state index is 0.549. The van der Waals surface area contributed by atoms with Crippen LogP contribution in [0.3, 0.4) is 0 Å². The summed E-state index contributed by atoms with van der Waals surface area (Å²) in [6, 6.07) is 6.00. The molecular weight excluding hydrogens is 214 g/mol. The fraction of sp³-hybridized carbons (Fsp3) is 0.462. The lowest BCUT2D eigenvalue weighted by Gasteiger charge is -2.20. The molecule has 0 radical (unpaired) electrons. The van der Waals surface area contributed by atoms with Gasteiger partial charge in [0.15, 0.2) is 0 Å². The quantitative estimate of drug-likeness (QED) is 0.831. The standard InChI is InChI=1S/C13H17N3O/c1-17-11-4-2-3-10-12(11)16-13(15-10)9-5-7-14-8-6-9/h2-4,9,14H,5-8H2,1H3,(H,15,16). The van der Waals surface area contributed by atoms with Crippen molar-refractivity contribution in [2.75, 3.05) is 20.2 Å². The van der Waals surface area contributed by atoms with Gasteiger partial charge in [0.25, 0.3) is 0 Å². The Labute approximate surface area is 100 Å². The van der Waals surface area contributed by atoms with Gasteiger partial charge in [-0.2, -0.15) is 0 Å². The molecule has 4 heteroatoms. The van der Waals surface area contributed by atoms with E-state index in [4.69, 9.17) is 9.72 Å². The van der Waals surface area contributed by atoms with E-state index in [2.05, 4.69) is 16.4 Å². The molecule has 1 aliphatic heterocycles. The summed E-state index contributed by atoms with van der Waals surface area (Å²) >= 11 is 0. The first-order valence-electron chi connectivity index (χ1n) is 6.12. The van der Waals surface area contributed by atoms with Crippen LogP contribution in [0.2, 0.25) is 0 Å². The average molecular weight is 231 g/mol. The number of hydrogen-bond donors (Lipinski definition) is 2. The van der Waals surface area contributed by atoms with Crippen molar-refractivity contribution in [2.24, 2.45) is 0 Å². The number of hydrogen-bond acceptors (Lipinski definition) is 3. The molecule has 2 aromatic rings. The maximum absolute atomic E-state index is 5.33. The van der Waals surface area contributed by atoms with E-state index >= 15 is 0 Å². The largest absolute Gasteiger partial charge is 0.494 e. The number of methoxy groups -OCH3 is 1. The van der Waals surface area contributed by atoms with Crippen LogP contribution in [-0.4, -0.2) is 30.2 Å². The van der Waals surface area contributed by atoms with E-state index in [0.29, 0.717) is 5.92 Å². The van der Waals surface area contributed by atoms with Crippen LogP contribution in [0, 0.1) is 0 Å². The molecule has 0 unspecified atom stereocenters. The summed E-state index contributed by atoms with van der Waals surface area (Å²) in [4.78, 5) is 8.12. The number of aromatic nitrogens is 2. The van der Waals surface area contributed by atoms with Crippen LogP contribution in [0.25, 0.3) is 11.0 Å². The Balaban J connectivity index is 2.00. The van der Waals surface area contributed by atoms with Gasteiger partial charge in [0.05, 0.1) is 12.6 Å². The van der Waals surface area contributed by atoms with Crippen molar-refractivity contribution in [1.29, 1.82) is 0 Å². The average Bonchev–Trinajstić information content (AvgIpc) is 2.83. The van der Waals surface area contributed by atoms with Crippen LogP contribution < -0.4 is 10.1 Å². The van der Waals surface area contributed by atoms with Crippen molar-refractivity contribution < 1.29 is 4.74 Å². The predicted molar refractivity (Wildman–Crippen MR) is 67.5 cm³/mol. The van der Waals surface area contributed by atoms with Crippen LogP contribution in [0.1, 0.15) is 24.6 Å². The number of nitrogens with one attached hydrogen (secondary N) is 2. The Bertz CT molecular complexity index is 514. The molecule has 0 atom stereocenters. The summed E-state index contributed by atoms with van der Waals surface area (Å²) in [6.07, 6.45) is 2.31. The first-order chi connectivity index (χ1) is 8.38. The van der Waals surface area contributed by atoms with Gasteiger partial charge >= 0.3 is 0 Å². The highest BCUT2D eigenvalue weighted by atomic mass is 16.5. The van der Waals surface area contributed by atoms with Crippen LogP contribution in [0.4, 0.5) is 0 Å². The zero-order valence-electron chi connectivity index (χ0n) is 9.99. The van der Waals surface area contributed by atoms with Crippen LogP contribution in [-0.2, 0) is 0 Å². The second-order valence-electron chi connectivity index (χ2n) is 4.50. The Morgan fingerprint density at radius 2 is 2.12 bits per heavy atom. The second-order valence-corrected chi connectivity index (χ2v) is 4.50. The number of piperidine rings is 1. The van der Waals surface area contributed by atoms with Crippen LogP contribution >= 0.6 is 0 Å². The van der Waals surface area contributed by atoms with Crippen LogP contribution in [0.15, 0.2) is 18.2 Å². The van der Waals surface area contributed by atoms with Gasteiger partial charge in [-0.05, 0) is 38.1 Å². The van der Waals surface area contributed by atoms with Crippen molar-refractivity contribution in [3.63, 3.8) is 0 Å². The van der Waals surface area contributed by atoms with E-state index < -0.39 is 0 Å². The minimum Gasteiger partial charge on any atom is -0.494 e. The highest BCUT2D eigenvalue weighted by Crippen LogP contribution is 2.28. The normalized spacial score (nSPS) is 17.5. The first kappa shape index (κ1) is 10.6. The fourth-order valence-electron chi connectivity index (χ4n) is 2.48. The number of aromatic amines is 1. The van der Waals surface area contributed by atoms with Crippen molar-refractivity contribution in [3.8, 4) is 5.75 Å². The molecular formula is C13H17N3O. The molecule has 1 aromatic carbocycles. The van der Waals surface area contributed by atoms with Crippen molar-refractivity contribution in [2.45, 2.75) is 18.8 Å². The van der Waals surface area contributed by atoms with E-state index in [1.165, 1.54) is 0 Å². The lowest BCUT2D eigenvalue weighted by atomic mass is 9.98. The van der Waals surface area contributed by atoms with Gasteiger partial charge in [0, 0.05) is 5.92 Å². The van der Waals surface area contributed by atoms with E-state index in [0.717, 1.165) is 48.5 Å². The zero-order chi connectivity index (χ0) is 11.7. The summed E-state index contributed by atoms with van der Waals surface area (Å²) in [5, 5.41) is 3.37. The van der Waals surface area contributed by atoms with Crippen molar-refractivity contribution >= 4 is 11.0 Å². The topological polar surface area (TPSA) is 49.9 Å². The summed E-state index contributed by atoms with van der Waals surface area (Å²) in [7, 11) is 1.69. The summed E-state index contributed by atoms with van der Waals surface area (Å²) in [5.41, 5.74) is 2.02. The molecule has 3 rings (SSSR count). The number of rotatable bonds is 2. The predicted octanol–water partition coefficient (Wildman–Crippen LogP) is 2.04. The van der Waals surface area contributed by atoms with Gasteiger partial charge in [0.1, 0.15) is 17.1 Å². The third kappa shape index (κ3) is 1.89. The molecule has 0 saturated carbocycles. The number of para-hydroxylation sites is 1. The summed E-state index contributed by atoms with van der Waals surface area (Å²) in [5.74, 6) is 2.50. The second kappa shape index (κ2) is 4.37. The maximum Gasteiger partial charge on any atom is 0.146 e. The lowest BCUT2D eigenvalue weighted by molar-refractivity contribution is 0.418. The zero-order valence-corrected chi connectivity index (χ0v) is 9.99. The third-order valence-corrected chi connectivity index (χ3v) is 3.44. The smallest absolute Gasteiger partial charge is 0.146 e. The van der Waals surface area contributed by atoms with Gasteiger partial charge in [-0.1, -0.05) is 6.07 Å². The Kier molecular flexibility index (Phi) is 2.73. The molecule has 1 saturated heterocycles. The van der Waals surface area contributed by atoms with Gasteiger partial charge in [-0.25, -0.2) is 4.98 Å². The van der Waals surface area contributed by atoms with Gasteiger partial charge in [-0.15, -0.1) is 0 Å². The molecule has 1 aliphatic rings. The SMILES string of the molecule is COc1cccc2[nH]c(C3CCNCC3)nc12. The lowest BCUT2D eigenvalue weighted by Crippen LogP contribution is -2.27. The Morgan fingerprint density at radius 1 is 1.29 bits per heavy atom. The molecule has 2 heterocycles. The molecule has 0 bridgehead atoms. The minimum atomic E-state index is 0.549. The third-order valence-electron chi connectivity index (χ3n) is 3.44. The van der Waals surface area contributed by atoms with Crippen molar-refractivity contribution in [1.82, 2.24) is 15.3 Å². The van der Waals surface area contributed by atoms with E-state index in [1.807, 2.05) is 12.1 Å². The number of imidazole rings is 1. The van der Waals surface area contributed by atoms with Gasteiger partial charge in [-0.3, -0.25) is 0 Å². The fourth-order valence-corrected chi connectivity index (χ4v) is 2.48. The molecule has 1 aromatic heterocycles. The molecule has 0 amide bonds. The number of fused-ring (bicyclic) bond motifs is 1. The summed E-state index contributed by atoms with van der Waals surface area (Å²) in [6.45, 7) is 2.16. The number of benzene rings is 1.